The lowest BCUT2D eigenvalue weighted by Crippen LogP contribution is -2.53. The van der Waals surface area contributed by atoms with Crippen LogP contribution in [0.4, 0.5) is 0 Å². The van der Waals surface area contributed by atoms with Gasteiger partial charge in [-0.25, -0.2) is 9.44 Å². The van der Waals surface area contributed by atoms with Crippen LogP contribution in [0.2, 0.25) is 0 Å². The van der Waals surface area contributed by atoms with Gasteiger partial charge in [-0.3, -0.25) is 0 Å². The Kier molecular flexibility index (Phi) is 4.52. The molecule has 0 radical (unpaired) electrons. The summed E-state index contributed by atoms with van der Waals surface area (Å²) < 4.78 is 6.75. The minimum absolute atomic E-state index is 0.373. The number of nitrogens with zero attached hydrogens (tertiary/aromatic N) is 1. The van der Waals surface area contributed by atoms with Crippen LogP contribution in [0.1, 0.15) is 26.7 Å². The summed E-state index contributed by atoms with van der Waals surface area (Å²) >= 11 is 1.65. The first-order valence-electron chi connectivity index (χ1n) is 5.15. The summed E-state index contributed by atoms with van der Waals surface area (Å²) in [7, 11) is 2.20. The average Bonchev–Trinajstić information content (AvgIpc) is 2.56. The fraction of sp³-hybridized carbons (Fsp3) is 1.00. The number of hydrogen-bond donors (Lipinski definition) is 2. The average molecular weight is 203 g/mol. The summed E-state index contributed by atoms with van der Waals surface area (Å²) in [6.07, 6.45) is 2.64. The summed E-state index contributed by atoms with van der Waals surface area (Å²) in [6.45, 7) is 7.56. The van der Waals surface area contributed by atoms with Gasteiger partial charge in [0, 0.05) is 25.2 Å². The topological polar surface area (TPSA) is 27.3 Å². The van der Waals surface area contributed by atoms with E-state index in [0.29, 0.717) is 5.54 Å². The van der Waals surface area contributed by atoms with Crippen LogP contribution in [-0.4, -0.2) is 37.1 Å². The molecule has 2 N–H and O–H groups in total. The van der Waals surface area contributed by atoms with Gasteiger partial charge < -0.3 is 4.90 Å². The molecule has 2 aliphatic heterocycles. The van der Waals surface area contributed by atoms with Gasteiger partial charge in [0.25, 0.3) is 0 Å². The standard InChI is InChI=1S/C7H15N3S.C2H6/c1-10-4-2-3-7(6-10)5-8-11-9-7;1-2/h8-9H,2-6H2,1H3;1-2H3. The van der Waals surface area contributed by atoms with Gasteiger partial charge in [0.05, 0.1) is 5.54 Å². The Labute approximate surface area is 85.9 Å². The van der Waals surface area contributed by atoms with Gasteiger partial charge in [-0.1, -0.05) is 13.8 Å². The Hall–Kier alpha value is 0.230. The van der Waals surface area contributed by atoms with Crippen molar-refractivity contribution in [2.75, 3.05) is 26.7 Å². The van der Waals surface area contributed by atoms with E-state index in [1.54, 1.807) is 12.1 Å². The highest BCUT2D eigenvalue weighted by molar-refractivity contribution is 7.95. The third-order valence-electron chi connectivity index (χ3n) is 2.52. The van der Waals surface area contributed by atoms with Crippen molar-refractivity contribution in [2.24, 2.45) is 0 Å². The number of likely N-dealkylation sites (N-methyl/N-ethyl adjacent to an activating group) is 1. The molecule has 0 amide bonds. The molecule has 2 aliphatic rings. The van der Waals surface area contributed by atoms with Gasteiger partial charge >= 0.3 is 0 Å². The van der Waals surface area contributed by atoms with Gasteiger partial charge in [0.1, 0.15) is 0 Å². The molecule has 0 aliphatic carbocycles. The van der Waals surface area contributed by atoms with Crippen LogP contribution in [0, 0.1) is 0 Å². The second-order valence-corrected chi connectivity index (χ2v) is 4.34. The van der Waals surface area contributed by atoms with E-state index in [2.05, 4.69) is 21.4 Å². The van der Waals surface area contributed by atoms with E-state index < -0.39 is 0 Å². The highest BCUT2D eigenvalue weighted by Crippen LogP contribution is 2.25. The van der Waals surface area contributed by atoms with E-state index in [1.165, 1.54) is 25.9 Å². The predicted octanol–water partition coefficient (Wildman–Crippen LogP) is 1.23. The highest BCUT2D eigenvalue weighted by Gasteiger charge is 2.37. The zero-order valence-corrected chi connectivity index (χ0v) is 9.71. The number of nitrogens with one attached hydrogen (secondary N) is 2. The molecule has 1 atom stereocenters. The maximum absolute atomic E-state index is 3.47. The molecule has 13 heavy (non-hydrogen) atoms. The first-order valence-corrected chi connectivity index (χ1v) is 5.97. The summed E-state index contributed by atoms with van der Waals surface area (Å²) in [5.41, 5.74) is 0.373. The minimum atomic E-state index is 0.373. The fourth-order valence-electron chi connectivity index (χ4n) is 1.94. The first-order chi connectivity index (χ1) is 6.31. The first kappa shape index (κ1) is 11.3. The smallest absolute Gasteiger partial charge is 0.0555 e. The van der Waals surface area contributed by atoms with Crippen LogP contribution in [0.25, 0.3) is 0 Å². The summed E-state index contributed by atoms with van der Waals surface area (Å²) in [5.74, 6) is 0. The number of hydrogen-bond acceptors (Lipinski definition) is 4. The van der Waals surface area contributed by atoms with Gasteiger partial charge in [-0.05, 0) is 26.4 Å². The van der Waals surface area contributed by atoms with Crippen LogP contribution in [-0.2, 0) is 0 Å². The molecule has 1 spiro atoms. The molecule has 4 heteroatoms. The minimum Gasteiger partial charge on any atom is -0.304 e. The van der Waals surface area contributed by atoms with Crippen molar-refractivity contribution in [1.82, 2.24) is 14.3 Å². The summed E-state index contributed by atoms with van der Waals surface area (Å²) in [6, 6.07) is 0. The molecular formula is C9H21N3S. The van der Waals surface area contributed by atoms with E-state index in [4.69, 9.17) is 0 Å². The zero-order valence-electron chi connectivity index (χ0n) is 8.89. The van der Waals surface area contributed by atoms with Gasteiger partial charge in [-0.2, -0.15) is 0 Å². The Morgan fingerprint density at radius 1 is 1.38 bits per heavy atom. The normalized spacial score (nSPS) is 34.4. The molecule has 0 saturated carbocycles. The number of piperidine rings is 1. The fourth-order valence-corrected chi connectivity index (χ4v) is 2.82. The Morgan fingerprint density at radius 2 is 2.15 bits per heavy atom. The monoisotopic (exact) mass is 203 g/mol. The van der Waals surface area contributed by atoms with E-state index in [1.807, 2.05) is 13.8 Å². The Bertz CT molecular complexity index is 146. The van der Waals surface area contributed by atoms with Gasteiger partial charge in [-0.15, -0.1) is 0 Å². The molecule has 1 unspecified atom stereocenters. The van der Waals surface area contributed by atoms with E-state index in [-0.39, 0.29) is 0 Å². The van der Waals surface area contributed by atoms with E-state index >= 15 is 0 Å². The second kappa shape index (κ2) is 5.20. The lowest BCUT2D eigenvalue weighted by molar-refractivity contribution is 0.177. The molecule has 0 aromatic rings. The molecule has 2 heterocycles. The quantitative estimate of drug-likeness (QED) is 0.579. The van der Waals surface area contributed by atoms with Crippen LogP contribution in [0.3, 0.4) is 0 Å². The molecule has 78 valence electrons. The van der Waals surface area contributed by atoms with Crippen molar-refractivity contribution in [3.63, 3.8) is 0 Å². The van der Waals surface area contributed by atoms with Crippen molar-refractivity contribution >= 4 is 12.1 Å². The van der Waals surface area contributed by atoms with Crippen molar-refractivity contribution in [3.05, 3.63) is 0 Å². The molecule has 0 bridgehead atoms. The Balaban J connectivity index is 0.000000396. The Morgan fingerprint density at radius 3 is 2.69 bits per heavy atom. The lowest BCUT2D eigenvalue weighted by atomic mass is 9.91. The maximum atomic E-state index is 3.47. The van der Waals surface area contributed by atoms with Crippen molar-refractivity contribution in [2.45, 2.75) is 32.2 Å². The van der Waals surface area contributed by atoms with Crippen LogP contribution >= 0.6 is 12.1 Å². The van der Waals surface area contributed by atoms with Crippen LogP contribution in [0.5, 0.6) is 0 Å². The zero-order chi connectivity index (χ0) is 9.73. The van der Waals surface area contributed by atoms with E-state index in [9.17, 15) is 0 Å². The lowest BCUT2D eigenvalue weighted by Gasteiger charge is -2.37. The molecule has 3 nitrogen and oxygen atoms in total. The highest BCUT2D eigenvalue weighted by atomic mass is 32.2. The van der Waals surface area contributed by atoms with Crippen molar-refractivity contribution in [1.29, 1.82) is 0 Å². The molecule has 0 aromatic carbocycles. The van der Waals surface area contributed by atoms with Crippen molar-refractivity contribution in [3.8, 4) is 0 Å². The summed E-state index contributed by atoms with van der Waals surface area (Å²) in [5, 5.41) is 0. The number of likely N-dealkylation sites (tertiary alicyclic amines) is 1. The van der Waals surface area contributed by atoms with Crippen LogP contribution in [0.15, 0.2) is 0 Å². The second-order valence-electron chi connectivity index (χ2n) is 3.65. The van der Waals surface area contributed by atoms with Gasteiger partial charge in [0.15, 0.2) is 0 Å². The van der Waals surface area contributed by atoms with Crippen LogP contribution < -0.4 is 9.44 Å². The third kappa shape index (κ3) is 2.84. The summed E-state index contributed by atoms with van der Waals surface area (Å²) in [4.78, 5) is 2.41. The molecule has 0 aromatic heterocycles. The number of rotatable bonds is 0. The largest absolute Gasteiger partial charge is 0.304 e. The maximum Gasteiger partial charge on any atom is 0.0555 e. The van der Waals surface area contributed by atoms with Gasteiger partial charge in [0.2, 0.25) is 0 Å². The molecule has 2 fully saturated rings. The predicted molar refractivity (Wildman–Crippen MR) is 59.5 cm³/mol. The molecule has 2 saturated heterocycles. The molecule has 2 rings (SSSR count). The SMILES string of the molecule is CC.CN1CCCC2(CNSN2)C1. The van der Waals surface area contributed by atoms with E-state index in [0.717, 1.165) is 6.54 Å². The molecular weight excluding hydrogens is 182 g/mol. The van der Waals surface area contributed by atoms with Crippen molar-refractivity contribution < 1.29 is 0 Å². The third-order valence-corrected chi connectivity index (χ3v) is 3.34.